The van der Waals surface area contributed by atoms with Gasteiger partial charge in [0, 0.05) is 19.4 Å². The highest BCUT2D eigenvalue weighted by atomic mass is 16.2. The van der Waals surface area contributed by atoms with Crippen LogP contribution in [0.25, 0.3) is 0 Å². The zero-order chi connectivity index (χ0) is 9.90. The van der Waals surface area contributed by atoms with Gasteiger partial charge in [-0.25, -0.2) is 5.43 Å². The van der Waals surface area contributed by atoms with Crippen molar-refractivity contribution in [1.29, 1.82) is 0 Å². The molecular formula is C9H15N3O. The first kappa shape index (κ1) is 9.80. The number of carbonyl (C=O) groups is 1. The number of nitrogens with one attached hydrogen (secondary N) is 3. The zero-order valence-corrected chi connectivity index (χ0v) is 8.14. The molecule has 4 heteroatoms. The minimum absolute atomic E-state index is 0.0467. The van der Waals surface area contributed by atoms with E-state index in [1.54, 1.807) is 7.05 Å². The first-order valence-electron chi connectivity index (χ1n) is 4.19. The van der Waals surface area contributed by atoms with Crippen LogP contribution in [0.2, 0.25) is 0 Å². The van der Waals surface area contributed by atoms with Gasteiger partial charge in [-0.15, -0.1) is 0 Å². The van der Waals surface area contributed by atoms with Crippen molar-refractivity contribution in [3.8, 4) is 0 Å². The summed E-state index contributed by atoms with van der Waals surface area (Å²) in [6.45, 7) is 3.76. The standard InChI is InChI=1S/C9H15N3O/c1-9(2,8(13)12-10-3)7-4-5-11-6-7/h4-6,10-11H,1-3H3,(H,12,13). The number of aromatic amines is 1. The lowest BCUT2D eigenvalue weighted by molar-refractivity contribution is -0.126. The number of H-pyrrole nitrogens is 1. The molecule has 0 atom stereocenters. The van der Waals surface area contributed by atoms with Crippen LogP contribution < -0.4 is 10.9 Å². The van der Waals surface area contributed by atoms with Crippen molar-refractivity contribution >= 4 is 5.91 Å². The van der Waals surface area contributed by atoms with Crippen LogP contribution in [0.4, 0.5) is 0 Å². The van der Waals surface area contributed by atoms with Crippen LogP contribution in [0, 0.1) is 0 Å². The maximum absolute atomic E-state index is 11.6. The van der Waals surface area contributed by atoms with Crippen molar-refractivity contribution in [3.63, 3.8) is 0 Å². The van der Waals surface area contributed by atoms with Crippen molar-refractivity contribution in [2.45, 2.75) is 19.3 Å². The molecule has 1 amide bonds. The van der Waals surface area contributed by atoms with E-state index >= 15 is 0 Å². The van der Waals surface area contributed by atoms with E-state index in [4.69, 9.17) is 0 Å². The maximum atomic E-state index is 11.6. The van der Waals surface area contributed by atoms with Crippen molar-refractivity contribution in [2.75, 3.05) is 7.05 Å². The quantitative estimate of drug-likeness (QED) is 0.596. The van der Waals surface area contributed by atoms with Crippen molar-refractivity contribution in [3.05, 3.63) is 24.0 Å². The third-order valence-electron chi connectivity index (χ3n) is 2.13. The molecule has 0 radical (unpaired) electrons. The third-order valence-corrected chi connectivity index (χ3v) is 2.13. The lowest BCUT2D eigenvalue weighted by atomic mass is 9.86. The van der Waals surface area contributed by atoms with Crippen LogP contribution in [0.15, 0.2) is 18.5 Å². The Bertz CT molecular complexity index is 277. The minimum Gasteiger partial charge on any atom is -0.367 e. The Kier molecular flexibility index (Phi) is 2.72. The molecule has 0 aliphatic heterocycles. The molecule has 0 spiro atoms. The molecule has 0 aromatic carbocycles. The summed E-state index contributed by atoms with van der Waals surface area (Å²) in [5.74, 6) is -0.0467. The molecule has 0 bridgehead atoms. The fourth-order valence-electron chi connectivity index (χ4n) is 1.11. The minimum atomic E-state index is -0.511. The van der Waals surface area contributed by atoms with Gasteiger partial charge in [-0.3, -0.25) is 10.2 Å². The topological polar surface area (TPSA) is 56.9 Å². The monoisotopic (exact) mass is 181 g/mol. The summed E-state index contributed by atoms with van der Waals surface area (Å²) in [5.41, 5.74) is 5.66. The van der Waals surface area contributed by atoms with Gasteiger partial charge in [0.25, 0.3) is 0 Å². The van der Waals surface area contributed by atoms with E-state index in [0.29, 0.717) is 0 Å². The van der Waals surface area contributed by atoms with E-state index in [1.807, 2.05) is 32.3 Å². The van der Waals surface area contributed by atoms with Gasteiger partial charge < -0.3 is 4.98 Å². The molecule has 0 saturated carbocycles. The number of hydrazine groups is 1. The molecule has 3 N–H and O–H groups in total. The molecule has 1 aromatic rings. The summed E-state index contributed by atoms with van der Waals surface area (Å²) in [5, 5.41) is 0. The first-order valence-corrected chi connectivity index (χ1v) is 4.19. The van der Waals surface area contributed by atoms with Crippen LogP contribution in [0.3, 0.4) is 0 Å². The lowest BCUT2D eigenvalue weighted by Gasteiger charge is -2.21. The van der Waals surface area contributed by atoms with Gasteiger partial charge in [0.2, 0.25) is 5.91 Å². The largest absolute Gasteiger partial charge is 0.367 e. The summed E-state index contributed by atoms with van der Waals surface area (Å²) in [7, 11) is 1.67. The molecule has 0 aliphatic carbocycles. The lowest BCUT2D eigenvalue weighted by Crippen LogP contribution is -2.45. The molecule has 1 aromatic heterocycles. The normalized spacial score (nSPS) is 11.3. The number of carbonyl (C=O) groups excluding carboxylic acids is 1. The predicted molar refractivity (Wildman–Crippen MR) is 51.0 cm³/mol. The Hall–Kier alpha value is -1.29. The van der Waals surface area contributed by atoms with Gasteiger partial charge in [-0.05, 0) is 25.5 Å². The number of hydrogen-bond donors (Lipinski definition) is 3. The second kappa shape index (κ2) is 3.62. The predicted octanol–water partition coefficient (Wildman–Crippen LogP) is 0.543. The average Bonchev–Trinajstić information content (AvgIpc) is 2.56. The van der Waals surface area contributed by atoms with Crippen LogP contribution in [0.5, 0.6) is 0 Å². The van der Waals surface area contributed by atoms with Crippen molar-refractivity contribution in [2.24, 2.45) is 0 Å². The van der Waals surface area contributed by atoms with Crippen LogP contribution in [-0.4, -0.2) is 17.9 Å². The fourth-order valence-corrected chi connectivity index (χ4v) is 1.11. The summed E-state index contributed by atoms with van der Waals surface area (Å²) in [6, 6.07) is 1.90. The molecule has 1 heterocycles. The fraction of sp³-hybridized carbons (Fsp3) is 0.444. The highest BCUT2D eigenvalue weighted by Crippen LogP contribution is 2.22. The first-order chi connectivity index (χ1) is 6.09. The van der Waals surface area contributed by atoms with E-state index in [1.165, 1.54) is 0 Å². The molecule has 0 aliphatic rings. The van der Waals surface area contributed by atoms with Gasteiger partial charge in [0.15, 0.2) is 0 Å². The summed E-state index contributed by atoms with van der Waals surface area (Å²) in [6.07, 6.45) is 3.64. The van der Waals surface area contributed by atoms with E-state index in [-0.39, 0.29) is 5.91 Å². The van der Waals surface area contributed by atoms with Crippen LogP contribution in [0.1, 0.15) is 19.4 Å². The van der Waals surface area contributed by atoms with Crippen molar-refractivity contribution in [1.82, 2.24) is 15.8 Å². The summed E-state index contributed by atoms with van der Waals surface area (Å²) < 4.78 is 0. The molecule has 0 fully saturated rings. The molecule has 0 saturated heterocycles. The molecule has 72 valence electrons. The Balaban J connectivity index is 2.82. The SMILES string of the molecule is CNNC(=O)C(C)(C)c1cc[nH]c1. The number of rotatable bonds is 3. The molecule has 1 rings (SSSR count). The smallest absolute Gasteiger partial charge is 0.244 e. The van der Waals surface area contributed by atoms with Crippen LogP contribution in [-0.2, 0) is 10.2 Å². The molecule has 0 unspecified atom stereocenters. The van der Waals surface area contributed by atoms with Gasteiger partial charge >= 0.3 is 0 Å². The Morgan fingerprint density at radius 3 is 2.69 bits per heavy atom. The Labute approximate surface area is 77.7 Å². The van der Waals surface area contributed by atoms with Gasteiger partial charge in [0.1, 0.15) is 0 Å². The summed E-state index contributed by atoms with van der Waals surface area (Å²) >= 11 is 0. The van der Waals surface area contributed by atoms with E-state index in [9.17, 15) is 4.79 Å². The van der Waals surface area contributed by atoms with Crippen LogP contribution >= 0.6 is 0 Å². The van der Waals surface area contributed by atoms with Crippen molar-refractivity contribution < 1.29 is 4.79 Å². The Morgan fingerprint density at radius 2 is 2.23 bits per heavy atom. The second-order valence-corrected chi connectivity index (χ2v) is 3.43. The summed E-state index contributed by atoms with van der Waals surface area (Å²) in [4.78, 5) is 14.5. The molecule has 13 heavy (non-hydrogen) atoms. The van der Waals surface area contributed by atoms with Gasteiger partial charge in [-0.1, -0.05) is 0 Å². The maximum Gasteiger partial charge on any atom is 0.244 e. The number of aromatic nitrogens is 1. The number of hydrogen-bond acceptors (Lipinski definition) is 2. The second-order valence-electron chi connectivity index (χ2n) is 3.43. The highest BCUT2D eigenvalue weighted by molar-refractivity contribution is 5.86. The molecular weight excluding hydrogens is 166 g/mol. The highest BCUT2D eigenvalue weighted by Gasteiger charge is 2.29. The third kappa shape index (κ3) is 1.89. The van der Waals surface area contributed by atoms with E-state index < -0.39 is 5.41 Å². The van der Waals surface area contributed by atoms with Gasteiger partial charge in [0.05, 0.1) is 5.41 Å². The Morgan fingerprint density at radius 1 is 1.54 bits per heavy atom. The van der Waals surface area contributed by atoms with E-state index in [0.717, 1.165) is 5.56 Å². The van der Waals surface area contributed by atoms with E-state index in [2.05, 4.69) is 15.8 Å². The average molecular weight is 181 g/mol. The van der Waals surface area contributed by atoms with Gasteiger partial charge in [-0.2, -0.15) is 0 Å². The number of amides is 1. The zero-order valence-electron chi connectivity index (χ0n) is 8.14. The molecule has 4 nitrogen and oxygen atoms in total.